The Kier molecular flexibility index (Phi) is 14.7. The zero-order chi connectivity index (χ0) is 18.2. The fraction of sp³-hybridized carbons (Fsp3) is 0.889. The summed E-state index contributed by atoms with van der Waals surface area (Å²) < 4.78 is 10.8. The first-order valence-corrected chi connectivity index (χ1v) is 9.13. The van der Waals surface area contributed by atoms with Crippen LogP contribution >= 0.6 is 0 Å². The first kappa shape index (κ1) is 22.9. The highest BCUT2D eigenvalue weighted by Gasteiger charge is 2.03. The highest BCUT2D eigenvalue weighted by atomic mass is 16.5. The number of hydrogen-bond acceptors (Lipinski definition) is 4. The van der Waals surface area contributed by atoms with E-state index in [4.69, 9.17) is 9.47 Å². The van der Waals surface area contributed by atoms with E-state index >= 15 is 0 Å². The van der Waals surface area contributed by atoms with Crippen LogP contribution < -0.4 is 10.6 Å². The summed E-state index contributed by atoms with van der Waals surface area (Å²) in [4.78, 5) is 22.8. The molecule has 0 aliphatic carbocycles. The lowest BCUT2D eigenvalue weighted by Crippen LogP contribution is -2.33. The summed E-state index contributed by atoms with van der Waals surface area (Å²) in [6, 6.07) is 0.146. The predicted octanol–water partition coefficient (Wildman–Crippen LogP) is 2.27. The van der Waals surface area contributed by atoms with Gasteiger partial charge in [0.2, 0.25) is 11.8 Å². The van der Waals surface area contributed by atoms with Crippen LogP contribution in [0.3, 0.4) is 0 Å². The van der Waals surface area contributed by atoms with Crippen molar-refractivity contribution in [2.45, 2.75) is 65.8 Å². The van der Waals surface area contributed by atoms with Crippen molar-refractivity contribution in [2.75, 3.05) is 33.0 Å². The summed E-state index contributed by atoms with van der Waals surface area (Å²) in [6.07, 6.45) is 4.43. The van der Waals surface area contributed by atoms with Crippen LogP contribution in [-0.2, 0) is 19.1 Å². The van der Waals surface area contributed by atoms with E-state index in [0.29, 0.717) is 25.6 Å². The van der Waals surface area contributed by atoms with Gasteiger partial charge in [0.15, 0.2) is 0 Å². The van der Waals surface area contributed by atoms with Crippen molar-refractivity contribution in [1.82, 2.24) is 10.6 Å². The van der Waals surface area contributed by atoms with E-state index < -0.39 is 0 Å². The van der Waals surface area contributed by atoms with Gasteiger partial charge in [0, 0.05) is 38.8 Å². The van der Waals surface area contributed by atoms with Crippen LogP contribution in [0.25, 0.3) is 0 Å². The van der Waals surface area contributed by atoms with Gasteiger partial charge < -0.3 is 20.1 Å². The van der Waals surface area contributed by atoms with Crippen LogP contribution in [-0.4, -0.2) is 50.8 Å². The lowest BCUT2D eigenvalue weighted by molar-refractivity contribution is -0.126. The highest BCUT2D eigenvalue weighted by Crippen LogP contribution is 1.99. The summed E-state index contributed by atoms with van der Waals surface area (Å²) in [5.41, 5.74) is 0. The molecule has 0 spiro atoms. The van der Waals surface area contributed by atoms with E-state index in [9.17, 15) is 9.59 Å². The van der Waals surface area contributed by atoms with Gasteiger partial charge in [-0.25, -0.2) is 0 Å². The Morgan fingerprint density at radius 2 is 1.50 bits per heavy atom. The first-order chi connectivity index (χ1) is 11.4. The van der Waals surface area contributed by atoms with E-state index in [1.807, 2.05) is 27.7 Å². The zero-order valence-corrected chi connectivity index (χ0v) is 15.9. The summed E-state index contributed by atoms with van der Waals surface area (Å²) in [7, 11) is 0. The molecule has 2 amide bonds. The minimum atomic E-state index is -0.0774. The molecular formula is C18H36N2O4. The highest BCUT2D eigenvalue weighted by molar-refractivity contribution is 5.77. The van der Waals surface area contributed by atoms with Crippen LogP contribution in [0.2, 0.25) is 0 Å². The molecule has 0 aromatic carbocycles. The maximum Gasteiger partial charge on any atom is 0.246 e. The molecule has 0 aliphatic heterocycles. The molecule has 0 fully saturated rings. The number of carbonyl (C=O) groups is 2. The van der Waals surface area contributed by atoms with E-state index in [1.165, 1.54) is 0 Å². The number of ether oxygens (including phenoxy) is 2. The third kappa shape index (κ3) is 17.2. The van der Waals surface area contributed by atoms with Gasteiger partial charge in [-0.05, 0) is 45.4 Å². The van der Waals surface area contributed by atoms with Crippen LogP contribution in [0.4, 0.5) is 0 Å². The molecule has 24 heavy (non-hydrogen) atoms. The van der Waals surface area contributed by atoms with Crippen molar-refractivity contribution in [3.8, 4) is 0 Å². The fourth-order valence-electron chi connectivity index (χ4n) is 2.07. The molecule has 0 aromatic rings. The minimum absolute atomic E-state index is 0.0774. The Labute approximate surface area is 147 Å². The monoisotopic (exact) mass is 344 g/mol. The van der Waals surface area contributed by atoms with Crippen molar-refractivity contribution in [3.05, 3.63) is 0 Å². The molecule has 0 saturated carbocycles. The third-order valence-electron chi connectivity index (χ3n) is 3.14. The van der Waals surface area contributed by atoms with Crippen LogP contribution in [0.15, 0.2) is 0 Å². The summed E-state index contributed by atoms with van der Waals surface area (Å²) >= 11 is 0. The Hall–Kier alpha value is -1.14. The molecule has 0 aliphatic rings. The second kappa shape index (κ2) is 15.4. The Bertz CT molecular complexity index is 301. The Morgan fingerprint density at radius 3 is 2.17 bits per heavy atom. The molecule has 0 radical (unpaired) electrons. The number of hydrogen-bond donors (Lipinski definition) is 2. The second-order valence-electron chi connectivity index (χ2n) is 6.75. The smallest absolute Gasteiger partial charge is 0.246 e. The third-order valence-corrected chi connectivity index (χ3v) is 3.14. The maximum absolute atomic E-state index is 11.4. The van der Waals surface area contributed by atoms with Gasteiger partial charge in [-0.15, -0.1) is 0 Å². The van der Waals surface area contributed by atoms with E-state index in [2.05, 4.69) is 10.6 Å². The van der Waals surface area contributed by atoms with Crippen LogP contribution in [0.1, 0.15) is 59.8 Å². The molecule has 0 unspecified atom stereocenters. The van der Waals surface area contributed by atoms with Gasteiger partial charge in [-0.1, -0.05) is 13.8 Å². The molecule has 6 nitrogen and oxygen atoms in total. The summed E-state index contributed by atoms with van der Waals surface area (Å²) in [5, 5.41) is 5.70. The molecule has 0 rings (SSSR count). The number of unbranched alkanes of at least 4 members (excludes halogenated alkanes) is 2. The first-order valence-electron chi connectivity index (χ1n) is 9.13. The standard InChI is InChI=1S/C18H36N2O4/c1-15(2)13-17(21)19-9-6-5-7-10-23-11-8-12-24-14-18(22)20-16(3)4/h15-16H,5-14H2,1-4H3,(H,19,21)(H,20,22). The summed E-state index contributed by atoms with van der Waals surface area (Å²) in [6.45, 7) is 10.7. The molecule has 0 atom stereocenters. The molecule has 6 heteroatoms. The van der Waals surface area contributed by atoms with Crippen molar-refractivity contribution in [1.29, 1.82) is 0 Å². The summed E-state index contributed by atoms with van der Waals surface area (Å²) in [5.74, 6) is 0.474. The Morgan fingerprint density at radius 1 is 0.833 bits per heavy atom. The molecule has 0 heterocycles. The largest absolute Gasteiger partial charge is 0.381 e. The lowest BCUT2D eigenvalue weighted by atomic mass is 10.1. The van der Waals surface area contributed by atoms with Gasteiger partial charge in [0.25, 0.3) is 0 Å². The van der Waals surface area contributed by atoms with Gasteiger partial charge in [-0.2, -0.15) is 0 Å². The SMILES string of the molecule is CC(C)CC(=O)NCCCCCOCCCOCC(=O)NC(C)C. The van der Waals surface area contributed by atoms with Crippen molar-refractivity contribution >= 4 is 11.8 Å². The van der Waals surface area contributed by atoms with Gasteiger partial charge >= 0.3 is 0 Å². The Balaban J connectivity index is 3.20. The number of rotatable bonds is 15. The van der Waals surface area contributed by atoms with Crippen molar-refractivity contribution in [3.63, 3.8) is 0 Å². The quantitative estimate of drug-likeness (QED) is 0.447. The molecule has 0 aromatic heterocycles. The molecule has 0 bridgehead atoms. The zero-order valence-electron chi connectivity index (χ0n) is 15.9. The van der Waals surface area contributed by atoms with E-state index in [0.717, 1.165) is 38.8 Å². The maximum atomic E-state index is 11.4. The van der Waals surface area contributed by atoms with E-state index in [1.54, 1.807) is 0 Å². The van der Waals surface area contributed by atoms with Crippen LogP contribution in [0.5, 0.6) is 0 Å². The number of carbonyl (C=O) groups excluding carboxylic acids is 2. The van der Waals surface area contributed by atoms with E-state index in [-0.39, 0.29) is 24.5 Å². The normalized spacial score (nSPS) is 11.1. The molecular weight excluding hydrogens is 308 g/mol. The van der Waals surface area contributed by atoms with Crippen molar-refractivity contribution < 1.29 is 19.1 Å². The van der Waals surface area contributed by atoms with Crippen molar-refractivity contribution in [2.24, 2.45) is 5.92 Å². The topological polar surface area (TPSA) is 76.7 Å². The van der Waals surface area contributed by atoms with Gasteiger partial charge in [0.1, 0.15) is 6.61 Å². The number of nitrogens with one attached hydrogen (secondary N) is 2. The predicted molar refractivity (Wildman–Crippen MR) is 95.8 cm³/mol. The molecule has 2 N–H and O–H groups in total. The molecule has 0 saturated heterocycles. The average molecular weight is 344 g/mol. The fourth-order valence-corrected chi connectivity index (χ4v) is 2.07. The van der Waals surface area contributed by atoms with Gasteiger partial charge in [0.05, 0.1) is 0 Å². The molecule has 142 valence electrons. The van der Waals surface area contributed by atoms with Gasteiger partial charge in [-0.3, -0.25) is 9.59 Å². The number of amides is 2. The second-order valence-corrected chi connectivity index (χ2v) is 6.75. The van der Waals surface area contributed by atoms with Crippen LogP contribution in [0, 0.1) is 5.92 Å². The minimum Gasteiger partial charge on any atom is -0.381 e. The average Bonchev–Trinajstić information content (AvgIpc) is 2.46. The lowest BCUT2D eigenvalue weighted by Gasteiger charge is -2.09.